The summed E-state index contributed by atoms with van der Waals surface area (Å²) in [5.74, 6) is 0.455. The van der Waals surface area contributed by atoms with Crippen molar-refractivity contribution in [3.63, 3.8) is 0 Å². The molecule has 0 bridgehead atoms. The van der Waals surface area contributed by atoms with Gasteiger partial charge in [-0.3, -0.25) is 14.9 Å². The highest BCUT2D eigenvalue weighted by Crippen LogP contribution is 2.23. The number of rotatable bonds is 3. The number of halogens is 1. The van der Waals surface area contributed by atoms with E-state index in [1.54, 1.807) is 0 Å². The van der Waals surface area contributed by atoms with E-state index < -0.39 is 4.92 Å². The summed E-state index contributed by atoms with van der Waals surface area (Å²) in [5.41, 5.74) is 0.123. The van der Waals surface area contributed by atoms with Crippen LogP contribution in [-0.2, 0) is 0 Å². The molecule has 1 fully saturated rings. The van der Waals surface area contributed by atoms with Crippen LogP contribution in [0.5, 0.6) is 0 Å². The Morgan fingerprint density at radius 1 is 1.55 bits per heavy atom. The second-order valence-corrected chi connectivity index (χ2v) is 4.92. The highest BCUT2D eigenvalue weighted by atomic mass is 35.5. The first-order valence-corrected chi connectivity index (χ1v) is 6.52. The fraction of sp³-hybridized carbons (Fsp3) is 0.308. The van der Waals surface area contributed by atoms with Gasteiger partial charge < -0.3 is 10.2 Å². The molecule has 2 rings (SSSR count). The van der Waals surface area contributed by atoms with E-state index in [9.17, 15) is 14.9 Å². The van der Waals surface area contributed by atoms with E-state index >= 15 is 0 Å². The molecule has 6 nitrogen and oxygen atoms in total. The lowest BCUT2D eigenvalue weighted by Crippen LogP contribution is -2.37. The van der Waals surface area contributed by atoms with Gasteiger partial charge in [-0.2, -0.15) is 0 Å². The smallest absolute Gasteiger partial charge is 0.270 e. The zero-order valence-electron chi connectivity index (χ0n) is 10.9. The maximum absolute atomic E-state index is 12.2. The molecule has 0 saturated carbocycles. The van der Waals surface area contributed by atoms with Gasteiger partial charge in [0.05, 0.1) is 9.95 Å². The lowest BCUT2D eigenvalue weighted by atomic mass is 10.1. The minimum absolute atomic E-state index is 0.0829. The monoisotopic (exact) mass is 295 g/mol. The number of ketones is 1. The van der Waals surface area contributed by atoms with Crippen molar-refractivity contribution in [1.82, 2.24) is 10.2 Å². The lowest BCUT2D eigenvalue weighted by molar-refractivity contribution is -0.384. The number of nitrogens with one attached hydrogen (secondary N) is 1. The second kappa shape index (κ2) is 5.92. The standard InChI is InChI=1S/C13H14ClN3O3/c1-16-6-2-5-15-13(16)8-12(18)10-4-3-9(17(19)20)7-11(10)14/h3-4,7-8,15H,2,5-6H2,1H3/b13-8+. The first-order chi connectivity index (χ1) is 9.49. The van der Waals surface area contributed by atoms with Gasteiger partial charge in [-0.1, -0.05) is 11.6 Å². The number of allylic oxidation sites excluding steroid dienone is 1. The van der Waals surface area contributed by atoms with Crippen molar-refractivity contribution in [1.29, 1.82) is 0 Å². The number of benzene rings is 1. The van der Waals surface area contributed by atoms with Crippen molar-refractivity contribution in [2.45, 2.75) is 6.42 Å². The molecule has 1 aromatic rings. The largest absolute Gasteiger partial charge is 0.372 e. The van der Waals surface area contributed by atoms with Crippen LogP contribution in [-0.4, -0.2) is 35.7 Å². The highest BCUT2D eigenvalue weighted by Gasteiger charge is 2.16. The van der Waals surface area contributed by atoms with Crippen molar-refractivity contribution >= 4 is 23.1 Å². The van der Waals surface area contributed by atoms with Crippen LogP contribution in [0.15, 0.2) is 30.1 Å². The van der Waals surface area contributed by atoms with Gasteiger partial charge in [-0.15, -0.1) is 0 Å². The molecule has 20 heavy (non-hydrogen) atoms. The summed E-state index contributed by atoms with van der Waals surface area (Å²) in [5, 5.41) is 13.8. The molecule has 0 spiro atoms. The first kappa shape index (κ1) is 14.3. The fourth-order valence-corrected chi connectivity index (χ4v) is 2.24. The third-order valence-electron chi connectivity index (χ3n) is 3.08. The molecule has 1 aliphatic rings. The molecule has 1 aromatic carbocycles. The van der Waals surface area contributed by atoms with Gasteiger partial charge in [0.25, 0.3) is 5.69 Å². The zero-order valence-corrected chi connectivity index (χ0v) is 11.7. The summed E-state index contributed by atoms with van der Waals surface area (Å²) in [4.78, 5) is 24.2. The lowest BCUT2D eigenvalue weighted by Gasteiger charge is -2.28. The normalized spacial score (nSPS) is 16.9. The number of carbonyl (C=O) groups is 1. The zero-order chi connectivity index (χ0) is 14.7. The van der Waals surface area contributed by atoms with Gasteiger partial charge in [-0.05, 0) is 12.5 Å². The number of nitrogens with zero attached hydrogens (tertiary/aromatic N) is 2. The fourth-order valence-electron chi connectivity index (χ4n) is 1.97. The average molecular weight is 296 g/mol. The van der Waals surface area contributed by atoms with Gasteiger partial charge >= 0.3 is 0 Å². The van der Waals surface area contributed by atoms with E-state index in [2.05, 4.69) is 5.32 Å². The van der Waals surface area contributed by atoms with Gasteiger partial charge in [0.2, 0.25) is 0 Å². The number of nitro groups is 1. The van der Waals surface area contributed by atoms with Crippen LogP contribution in [0.4, 0.5) is 5.69 Å². The van der Waals surface area contributed by atoms with Crippen molar-refractivity contribution in [2.75, 3.05) is 20.1 Å². The van der Waals surface area contributed by atoms with Crippen LogP contribution >= 0.6 is 11.6 Å². The molecule has 1 N–H and O–H groups in total. The van der Waals surface area contributed by atoms with E-state index in [1.807, 2.05) is 11.9 Å². The summed E-state index contributed by atoms with van der Waals surface area (Å²) >= 11 is 5.93. The Kier molecular flexibility index (Phi) is 4.24. The Morgan fingerprint density at radius 3 is 2.90 bits per heavy atom. The molecule has 0 radical (unpaired) electrons. The summed E-state index contributed by atoms with van der Waals surface area (Å²) in [7, 11) is 1.89. The Labute approximate surface area is 121 Å². The van der Waals surface area contributed by atoms with Crippen molar-refractivity contribution in [3.8, 4) is 0 Å². The molecule has 1 heterocycles. The van der Waals surface area contributed by atoms with Crippen molar-refractivity contribution < 1.29 is 9.72 Å². The highest BCUT2D eigenvalue weighted by molar-refractivity contribution is 6.34. The molecule has 0 atom stereocenters. The van der Waals surface area contributed by atoms with Crippen LogP contribution in [0.3, 0.4) is 0 Å². The van der Waals surface area contributed by atoms with Crippen LogP contribution in [0.2, 0.25) is 5.02 Å². The van der Waals surface area contributed by atoms with Crippen LogP contribution in [0, 0.1) is 10.1 Å². The van der Waals surface area contributed by atoms with E-state index in [0.717, 1.165) is 25.3 Å². The summed E-state index contributed by atoms with van der Waals surface area (Å²) in [6.07, 6.45) is 2.48. The third kappa shape index (κ3) is 3.08. The van der Waals surface area contributed by atoms with Crippen LogP contribution in [0.25, 0.3) is 0 Å². The van der Waals surface area contributed by atoms with Crippen molar-refractivity contribution in [3.05, 3.63) is 50.8 Å². The predicted molar refractivity (Wildman–Crippen MR) is 75.8 cm³/mol. The molecule has 1 saturated heterocycles. The SMILES string of the molecule is CN1CCCN/C1=C\C(=O)c1ccc([N+](=O)[O-])cc1Cl. The Hall–Kier alpha value is -2.08. The summed E-state index contributed by atoms with van der Waals surface area (Å²) in [6, 6.07) is 3.84. The van der Waals surface area contributed by atoms with E-state index in [4.69, 9.17) is 11.6 Å². The minimum Gasteiger partial charge on any atom is -0.372 e. The second-order valence-electron chi connectivity index (χ2n) is 4.52. The maximum Gasteiger partial charge on any atom is 0.270 e. The van der Waals surface area contributed by atoms with Gasteiger partial charge in [-0.25, -0.2) is 0 Å². The number of hydrogen-bond donors (Lipinski definition) is 1. The van der Waals surface area contributed by atoms with Crippen molar-refractivity contribution in [2.24, 2.45) is 0 Å². The van der Waals surface area contributed by atoms with Crippen LogP contribution in [0.1, 0.15) is 16.8 Å². The molecular weight excluding hydrogens is 282 g/mol. The van der Waals surface area contributed by atoms with Gasteiger partial charge in [0, 0.05) is 43.9 Å². The molecule has 0 aromatic heterocycles. The Morgan fingerprint density at radius 2 is 2.30 bits per heavy atom. The molecule has 0 aliphatic carbocycles. The summed E-state index contributed by atoms with van der Waals surface area (Å²) in [6.45, 7) is 1.69. The molecular formula is C13H14ClN3O3. The van der Waals surface area contributed by atoms with E-state index in [1.165, 1.54) is 24.3 Å². The average Bonchev–Trinajstić information content (AvgIpc) is 2.41. The third-order valence-corrected chi connectivity index (χ3v) is 3.40. The molecule has 1 aliphatic heterocycles. The molecule has 0 amide bonds. The quantitative estimate of drug-likeness (QED) is 0.400. The first-order valence-electron chi connectivity index (χ1n) is 6.14. The number of non-ortho nitro benzene ring substituents is 1. The number of carbonyl (C=O) groups excluding carboxylic acids is 1. The molecule has 0 unspecified atom stereocenters. The Bertz CT molecular complexity index is 586. The Balaban J connectivity index is 2.25. The minimum atomic E-state index is -0.547. The molecule has 7 heteroatoms. The van der Waals surface area contributed by atoms with Gasteiger partial charge in [0.15, 0.2) is 5.78 Å². The number of hydrogen-bond acceptors (Lipinski definition) is 5. The topological polar surface area (TPSA) is 75.5 Å². The van der Waals surface area contributed by atoms with Gasteiger partial charge in [0.1, 0.15) is 5.82 Å². The number of nitro benzene ring substituents is 1. The predicted octanol–water partition coefficient (Wildman–Crippen LogP) is 2.20. The molecule has 106 valence electrons. The maximum atomic E-state index is 12.2. The van der Waals surface area contributed by atoms with Crippen LogP contribution < -0.4 is 5.32 Å². The van der Waals surface area contributed by atoms with E-state index in [0.29, 0.717) is 0 Å². The summed E-state index contributed by atoms with van der Waals surface area (Å²) < 4.78 is 0. The van der Waals surface area contributed by atoms with E-state index in [-0.39, 0.29) is 22.1 Å².